The van der Waals surface area contributed by atoms with Gasteiger partial charge < -0.3 is 5.32 Å². The number of carbonyl (C=O) groups excluding carboxylic acids is 2. The summed E-state index contributed by atoms with van der Waals surface area (Å²) in [4.78, 5) is 24.7. The molecule has 0 spiro atoms. The van der Waals surface area contributed by atoms with Crippen molar-refractivity contribution in [3.8, 4) is 0 Å². The molecule has 0 saturated carbocycles. The topological polar surface area (TPSA) is 61.4 Å². The SMILES string of the molecule is C[C@H](Nc1ccccc1)[C@H](C)NN1C(=O)c2ccccc2C1=O. The van der Waals surface area contributed by atoms with E-state index in [-0.39, 0.29) is 23.9 Å². The molecule has 1 aliphatic rings. The van der Waals surface area contributed by atoms with Gasteiger partial charge in [-0.1, -0.05) is 30.3 Å². The molecule has 2 amide bonds. The Morgan fingerprint density at radius 2 is 1.30 bits per heavy atom. The van der Waals surface area contributed by atoms with Gasteiger partial charge in [0.2, 0.25) is 0 Å². The number of imide groups is 1. The largest absolute Gasteiger partial charge is 0.381 e. The highest BCUT2D eigenvalue weighted by molar-refractivity contribution is 6.20. The van der Waals surface area contributed by atoms with Gasteiger partial charge in [-0.2, -0.15) is 0 Å². The third-order valence-electron chi connectivity index (χ3n) is 4.04. The third-order valence-corrected chi connectivity index (χ3v) is 4.04. The van der Waals surface area contributed by atoms with Crippen LogP contribution in [0.1, 0.15) is 34.6 Å². The fourth-order valence-corrected chi connectivity index (χ4v) is 2.54. The molecule has 0 fully saturated rings. The van der Waals surface area contributed by atoms with Crippen LogP contribution >= 0.6 is 0 Å². The summed E-state index contributed by atoms with van der Waals surface area (Å²) in [6, 6.07) is 16.6. The quantitative estimate of drug-likeness (QED) is 0.834. The molecule has 1 aliphatic heterocycles. The smallest absolute Gasteiger partial charge is 0.276 e. The van der Waals surface area contributed by atoms with Gasteiger partial charge in [0.25, 0.3) is 11.8 Å². The fourth-order valence-electron chi connectivity index (χ4n) is 2.54. The molecule has 2 aromatic carbocycles. The maximum absolute atomic E-state index is 12.3. The number of benzene rings is 2. The van der Waals surface area contributed by atoms with E-state index in [1.54, 1.807) is 24.3 Å². The molecular weight excluding hydrogens is 290 g/mol. The van der Waals surface area contributed by atoms with Crippen molar-refractivity contribution in [1.29, 1.82) is 0 Å². The molecule has 5 nitrogen and oxygen atoms in total. The first-order chi connectivity index (χ1) is 11.1. The Hall–Kier alpha value is -2.66. The maximum Gasteiger partial charge on any atom is 0.276 e. The predicted molar refractivity (Wildman–Crippen MR) is 89.1 cm³/mol. The molecule has 3 rings (SSSR count). The average molecular weight is 309 g/mol. The number of para-hydroxylation sites is 1. The van der Waals surface area contributed by atoms with Gasteiger partial charge in [0, 0.05) is 17.8 Å². The third kappa shape index (κ3) is 2.96. The Kier molecular flexibility index (Phi) is 4.12. The second kappa shape index (κ2) is 6.22. The molecule has 1 heterocycles. The van der Waals surface area contributed by atoms with E-state index in [0.717, 1.165) is 10.7 Å². The van der Waals surface area contributed by atoms with Crippen molar-refractivity contribution < 1.29 is 9.59 Å². The average Bonchev–Trinajstić information content (AvgIpc) is 2.81. The predicted octanol–water partition coefficient (Wildman–Crippen LogP) is 2.68. The van der Waals surface area contributed by atoms with Crippen LogP contribution in [-0.4, -0.2) is 28.9 Å². The molecule has 0 unspecified atom stereocenters. The minimum absolute atomic E-state index is 0.0294. The fraction of sp³-hybridized carbons (Fsp3) is 0.222. The number of hydrogen-bond acceptors (Lipinski definition) is 4. The van der Waals surface area contributed by atoms with E-state index in [0.29, 0.717) is 11.1 Å². The van der Waals surface area contributed by atoms with Gasteiger partial charge >= 0.3 is 0 Å². The Morgan fingerprint density at radius 3 is 1.87 bits per heavy atom. The number of amides is 2. The molecule has 23 heavy (non-hydrogen) atoms. The van der Waals surface area contributed by atoms with E-state index in [9.17, 15) is 9.59 Å². The first-order valence-corrected chi connectivity index (χ1v) is 7.63. The highest BCUT2D eigenvalue weighted by atomic mass is 16.2. The number of anilines is 1. The highest BCUT2D eigenvalue weighted by Gasteiger charge is 2.36. The van der Waals surface area contributed by atoms with Gasteiger partial charge in [-0.25, -0.2) is 10.4 Å². The number of nitrogens with zero attached hydrogens (tertiary/aromatic N) is 1. The zero-order valence-electron chi connectivity index (χ0n) is 13.1. The van der Waals surface area contributed by atoms with Crippen LogP contribution in [-0.2, 0) is 0 Å². The molecule has 2 aromatic rings. The first-order valence-electron chi connectivity index (χ1n) is 7.63. The van der Waals surface area contributed by atoms with Crippen LogP contribution in [0.5, 0.6) is 0 Å². The van der Waals surface area contributed by atoms with Gasteiger partial charge in [0.05, 0.1) is 11.1 Å². The van der Waals surface area contributed by atoms with Crippen molar-refractivity contribution >= 4 is 17.5 Å². The molecule has 5 heteroatoms. The number of nitrogens with one attached hydrogen (secondary N) is 2. The maximum atomic E-state index is 12.3. The van der Waals surface area contributed by atoms with E-state index < -0.39 is 0 Å². The summed E-state index contributed by atoms with van der Waals surface area (Å²) in [5.74, 6) is -0.603. The Balaban J connectivity index is 1.68. The second-order valence-corrected chi connectivity index (χ2v) is 5.71. The minimum atomic E-state index is -0.302. The molecule has 0 radical (unpaired) electrons. The summed E-state index contributed by atoms with van der Waals surface area (Å²) in [7, 11) is 0. The zero-order valence-corrected chi connectivity index (χ0v) is 13.1. The van der Waals surface area contributed by atoms with Crippen molar-refractivity contribution in [3.05, 3.63) is 65.7 Å². The van der Waals surface area contributed by atoms with E-state index in [1.165, 1.54) is 0 Å². The molecule has 0 aliphatic carbocycles. The molecule has 2 atom stereocenters. The molecule has 0 saturated heterocycles. The van der Waals surface area contributed by atoms with Crippen LogP contribution in [0.2, 0.25) is 0 Å². The van der Waals surface area contributed by atoms with Crippen LogP contribution in [0.15, 0.2) is 54.6 Å². The van der Waals surface area contributed by atoms with Gasteiger partial charge in [-0.05, 0) is 38.1 Å². The lowest BCUT2D eigenvalue weighted by molar-refractivity contribution is 0.0534. The van der Waals surface area contributed by atoms with Gasteiger partial charge in [0.15, 0.2) is 0 Å². The number of rotatable bonds is 5. The van der Waals surface area contributed by atoms with E-state index in [4.69, 9.17) is 0 Å². The van der Waals surface area contributed by atoms with E-state index in [2.05, 4.69) is 10.7 Å². The molecule has 0 bridgehead atoms. The number of carbonyl (C=O) groups is 2. The normalized spacial score (nSPS) is 16.2. The van der Waals surface area contributed by atoms with Crippen LogP contribution in [0.4, 0.5) is 5.69 Å². The van der Waals surface area contributed by atoms with Crippen molar-refractivity contribution in [2.75, 3.05) is 5.32 Å². The van der Waals surface area contributed by atoms with Crippen molar-refractivity contribution in [2.24, 2.45) is 0 Å². The molecule has 2 N–H and O–H groups in total. The molecule has 118 valence electrons. The summed E-state index contributed by atoms with van der Waals surface area (Å²) >= 11 is 0. The minimum Gasteiger partial charge on any atom is -0.381 e. The Labute approximate surface area is 135 Å². The van der Waals surface area contributed by atoms with Crippen LogP contribution in [0, 0.1) is 0 Å². The van der Waals surface area contributed by atoms with E-state index >= 15 is 0 Å². The first kappa shape index (κ1) is 15.2. The zero-order chi connectivity index (χ0) is 16.4. The van der Waals surface area contributed by atoms with Gasteiger partial charge in [-0.3, -0.25) is 9.59 Å². The summed E-state index contributed by atoms with van der Waals surface area (Å²) in [6.07, 6.45) is 0. The Morgan fingerprint density at radius 1 is 0.783 bits per heavy atom. The van der Waals surface area contributed by atoms with Crippen LogP contribution in [0.3, 0.4) is 0 Å². The second-order valence-electron chi connectivity index (χ2n) is 5.71. The van der Waals surface area contributed by atoms with Crippen molar-refractivity contribution in [1.82, 2.24) is 10.4 Å². The highest BCUT2D eigenvalue weighted by Crippen LogP contribution is 2.21. The summed E-state index contributed by atoms with van der Waals surface area (Å²) in [5.41, 5.74) is 4.90. The summed E-state index contributed by atoms with van der Waals surface area (Å²) in [5, 5.41) is 4.46. The number of fused-ring (bicyclic) bond motifs is 1. The lowest BCUT2D eigenvalue weighted by atomic mass is 10.1. The monoisotopic (exact) mass is 309 g/mol. The molecular formula is C18H19N3O2. The van der Waals surface area contributed by atoms with Gasteiger partial charge in [-0.15, -0.1) is 0 Å². The lowest BCUT2D eigenvalue weighted by Gasteiger charge is -2.27. The molecule has 0 aromatic heterocycles. The number of hydrazine groups is 1. The van der Waals surface area contributed by atoms with Crippen LogP contribution < -0.4 is 10.7 Å². The Bertz CT molecular complexity index is 695. The van der Waals surface area contributed by atoms with Crippen LogP contribution in [0.25, 0.3) is 0 Å². The van der Waals surface area contributed by atoms with Gasteiger partial charge in [0.1, 0.15) is 0 Å². The van der Waals surface area contributed by atoms with Crippen molar-refractivity contribution in [2.45, 2.75) is 25.9 Å². The summed E-state index contributed by atoms with van der Waals surface area (Å²) in [6.45, 7) is 3.94. The van der Waals surface area contributed by atoms with Crippen molar-refractivity contribution in [3.63, 3.8) is 0 Å². The summed E-state index contributed by atoms with van der Waals surface area (Å²) < 4.78 is 0. The lowest BCUT2D eigenvalue weighted by Crippen LogP contribution is -2.52. The standard InChI is InChI=1S/C18H19N3O2/c1-12(19-14-8-4-3-5-9-14)13(2)20-21-17(22)15-10-6-7-11-16(15)18(21)23/h3-13,19-20H,1-2H3/t12-,13-/m0/s1. The van der Waals surface area contributed by atoms with E-state index in [1.807, 2.05) is 44.2 Å². The number of hydrogen-bond donors (Lipinski definition) is 2.